The van der Waals surface area contributed by atoms with E-state index < -0.39 is 29.5 Å². The molecule has 0 saturated heterocycles. The molecule has 0 amide bonds. The van der Waals surface area contributed by atoms with Gasteiger partial charge in [-0.25, -0.2) is 4.68 Å². The maximum Gasteiger partial charge on any atom is 0.275 e. The molecule has 1 aliphatic heterocycles. The first-order valence-electron chi connectivity index (χ1n) is 13.2. The maximum atomic E-state index is 13.8. The minimum absolute atomic E-state index is 0.270. The van der Waals surface area contributed by atoms with Gasteiger partial charge in [0.25, 0.3) is 5.56 Å². The number of H-pyrrole nitrogens is 1. The number of hydrogen-bond acceptors (Lipinski definition) is 5. The van der Waals surface area contributed by atoms with Crippen LogP contribution >= 0.6 is 0 Å². The molecule has 6 rings (SSSR count). The Labute approximate surface area is 227 Å². The summed E-state index contributed by atoms with van der Waals surface area (Å²) in [5.74, 6) is -0.932. The Morgan fingerprint density at radius 1 is 0.949 bits per heavy atom. The SMILES string of the molecule is COc1ccc2c(c1)C(C)(C)/C(=C/C1C([O-])C(c3c(-c4ccccc4)[nH]n(-c4ccccc4)c3=O)C1[O-])N2C. The number of rotatable bonds is 5. The number of allylic oxidation sites excluding steroid dienone is 1. The monoisotopic (exact) mass is 521 g/mol. The Hall–Kier alpha value is -4.07. The summed E-state index contributed by atoms with van der Waals surface area (Å²) in [5, 5.41) is 30.7. The zero-order chi connectivity index (χ0) is 27.5. The van der Waals surface area contributed by atoms with Gasteiger partial charge < -0.3 is 19.8 Å². The molecule has 0 bridgehead atoms. The van der Waals surface area contributed by atoms with E-state index in [1.54, 1.807) is 7.11 Å². The Bertz CT molecular complexity index is 1590. The normalized spacial score (nSPS) is 24.5. The first kappa shape index (κ1) is 25.2. The minimum atomic E-state index is -1.24. The van der Waals surface area contributed by atoms with Gasteiger partial charge in [0.1, 0.15) is 5.75 Å². The Balaban J connectivity index is 1.39. The van der Waals surface area contributed by atoms with Crippen LogP contribution in [0.15, 0.2) is 95.4 Å². The molecule has 2 unspecified atom stereocenters. The van der Waals surface area contributed by atoms with E-state index in [-0.39, 0.29) is 11.1 Å². The second kappa shape index (κ2) is 9.29. The van der Waals surface area contributed by atoms with Gasteiger partial charge in [0.05, 0.1) is 18.5 Å². The summed E-state index contributed by atoms with van der Waals surface area (Å²) >= 11 is 0. The average Bonchev–Trinajstić information content (AvgIpc) is 3.38. The number of nitrogens with zero attached hydrogens (tertiary/aromatic N) is 2. The van der Waals surface area contributed by atoms with Crippen LogP contribution in [0.5, 0.6) is 5.75 Å². The van der Waals surface area contributed by atoms with Gasteiger partial charge in [-0.3, -0.25) is 9.89 Å². The van der Waals surface area contributed by atoms with Crippen LogP contribution in [-0.2, 0) is 5.41 Å². The molecule has 2 atom stereocenters. The second-order valence-corrected chi connectivity index (χ2v) is 10.9. The number of para-hydroxylation sites is 1. The van der Waals surface area contributed by atoms with Crippen molar-refractivity contribution in [1.29, 1.82) is 0 Å². The maximum absolute atomic E-state index is 13.8. The standard InChI is InChI=1S/C32H31N3O4/c1-32(2)23-17-21(39-4)15-16-24(23)34(3)25(32)18-22-29(36)27(30(22)37)26-28(19-11-7-5-8-12-19)33-35(31(26)38)20-13-9-6-10-14-20/h5-18,22,27,29-30,33H,1-4H3/q-2/b25-18-. The lowest BCUT2D eigenvalue weighted by Gasteiger charge is -2.60. The van der Waals surface area contributed by atoms with Crippen molar-refractivity contribution >= 4 is 5.69 Å². The zero-order valence-corrected chi connectivity index (χ0v) is 22.4. The summed E-state index contributed by atoms with van der Waals surface area (Å²) in [4.78, 5) is 15.8. The fraction of sp³-hybridized carbons (Fsp3) is 0.281. The fourth-order valence-corrected chi connectivity index (χ4v) is 6.19. The van der Waals surface area contributed by atoms with E-state index in [0.717, 1.165) is 28.3 Å². The van der Waals surface area contributed by atoms with E-state index >= 15 is 0 Å². The van der Waals surface area contributed by atoms with Crippen LogP contribution in [-0.4, -0.2) is 36.1 Å². The van der Waals surface area contributed by atoms with Gasteiger partial charge in [-0.2, -0.15) is 0 Å². The van der Waals surface area contributed by atoms with Crippen molar-refractivity contribution in [2.45, 2.75) is 37.4 Å². The summed E-state index contributed by atoms with van der Waals surface area (Å²) in [6, 6.07) is 24.5. The van der Waals surface area contributed by atoms with E-state index in [2.05, 4.69) is 23.8 Å². The van der Waals surface area contributed by atoms with Crippen molar-refractivity contribution in [3.8, 4) is 22.7 Å². The van der Waals surface area contributed by atoms with Crippen LogP contribution in [0.4, 0.5) is 5.69 Å². The largest absolute Gasteiger partial charge is 0.851 e. The number of fused-ring (bicyclic) bond motifs is 1. The third-order valence-electron chi connectivity index (χ3n) is 8.39. The zero-order valence-electron chi connectivity index (χ0n) is 22.4. The highest BCUT2D eigenvalue weighted by atomic mass is 16.5. The molecule has 7 nitrogen and oxygen atoms in total. The van der Waals surface area contributed by atoms with Gasteiger partial charge in [0.2, 0.25) is 0 Å². The number of anilines is 1. The van der Waals surface area contributed by atoms with Crippen molar-refractivity contribution < 1.29 is 14.9 Å². The molecular formula is C32H31N3O4-2. The van der Waals surface area contributed by atoms with Crippen LogP contribution in [0.25, 0.3) is 16.9 Å². The second-order valence-electron chi connectivity index (χ2n) is 10.9. The van der Waals surface area contributed by atoms with Crippen molar-refractivity contribution in [3.63, 3.8) is 0 Å². The molecule has 1 fully saturated rings. The summed E-state index contributed by atoms with van der Waals surface area (Å²) in [7, 11) is 3.60. The summed E-state index contributed by atoms with van der Waals surface area (Å²) < 4.78 is 6.87. The number of nitrogens with one attached hydrogen (secondary N) is 1. The number of aromatic amines is 1. The average molecular weight is 522 g/mol. The van der Waals surface area contributed by atoms with Crippen molar-refractivity contribution in [1.82, 2.24) is 9.78 Å². The molecular weight excluding hydrogens is 490 g/mol. The van der Waals surface area contributed by atoms with Gasteiger partial charge in [-0.1, -0.05) is 68.5 Å². The lowest BCUT2D eigenvalue weighted by molar-refractivity contribution is -0.543. The van der Waals surface area contributed by atoms with Gasteiger partial charge >= 0.3 is 0 Å². The lowest BCUT2D eigenvalue weighted by Crippen LogP contribution is -2.65. The van der Waals surface area contributed by atoms with E-state index in [4.69, 9.17) is 4.74 Å². The molecule has 39 heavy (non-hydrogen) atoms. The highest BCUT2D eigenvalue weighted by molar-refractivity contribution is 5.71. The number of ether oxygens (including phenoxy) is 1. The molecule has 1 saturated carbocycles. The topological polar surface area (TPSA) is 96.4 Å². The quantitative estimate of drug-likeness (QED) is 0.435. The number of aromatic nitrogens is 2. The van der Waals surface area contributed by atoms with Crippen LogP contribution < -0.4 is 25.4 Å². The molecule has 2 heterocycles. The number of likely N-dealkylation sites (N-methyl/N-ethyl adjacent to an activating group) is 1. The highest BCUT2D eigenvalue weighted by Crippen LogP contribution is 2.50. The summed E-state index contributed by atoms with van der Waals surface area (Å²) in [6.07, 6.45) is -0.627. The molecule has 1 aliphatic carbocycles. The smallest absolute Gasteiger partial charge is 0.275 e. The first-order valence-corrected chi connectivity index (χ1v) is 13.2. The molecule has 0 spiro atoms. The predicted octanol–water partition coefficient (Wildman–Crippen LogP) is 3.32. The Kier molecular flexibility index (Phi) is 6.01. The van der Waals surface area contributed by atoms with E-state index in [9.17, 15) is 15.0 Å². The third-order valence-corrected chi connectivity index (χ3v) is 8.39. The van der Waals surface area contributed by atoms with Crippen molar-refractivity contribution in [3.05, 3.63) is 112 Å². The molecule has 4 aromatic rings. The van der Waals surface area contributed by atoms with Crippen LogP contribution in [0.3, 0.4) is 0 Å². The Morgan fingerprint density at radius 3 is 2.23 bits per heavy atom. The Morgan fingerprint density at radius 2 is 1.59 bits per heavy atom. The summed E-state index contributed by atoms with van der Waals surface area (Å²) in [6.45, 7) is 4.18. The van der Waals surface area contributed by atoms with E-state index in [1.165, 1.54) is 4.68 Å². The van der Waals surface area contributed by atoms with Gasteiger partial charge in [-0.05, 0) is 53.3 Å². The predicted molar refractivity (Wildman–Crippen MR) is 148 cm³/mol. The molecule has 2 aliphatic rings. The number of hydrogen-bond donors (Lipinski definition) is 1. The van der Waals surface area contributed by atoms with E-state index in [0.29, 0.717) is 11.4 Å². The third kappa shape index (κ3) is 3.84. The van der Waals surface area contributed by atoms with Gasteiger partial charge in [-0.15, -0.1) is 12.2 Å². The first-order chi connectivity index (χ1) is 18.7. The minimum Gasteiger partial charge on any atom is -0.851 e. The van der Waals surface area contributed by atoms with Crippen LogP contribution in [0.1, 0.15) is 30.9 Å². The molecule has 1 aromatic heterocycles. The van der Waals surface area contributed by atoms with Crippen LogP contribution in [0, 0.1) is 5.92 Å². The molecule has 200 valence electrons. The summed E-state index contributed by atoms with van der Waals surface area (Å²) in [5.41, 5.74) is 4.47. The van der Waals surface area contributed by atoms with Gasteiger partial charge in [0, 0.05) is 29.4 Å². The highest BCUT2D eigenvalue weighted by Gasteiger charge is 2.44. The number of benzene rings is 3. The molecule has 3 aromatic carbocycles. The van der Waals surface area contributed by atoms with Crippen molar-refractivity contribution in [2.24, 2.45) is 5.92 Å². The van der Waals surface area contributed by atoms with Gasteiger partial charge in [0.15, 0.2) is 0 Å². The molecule has 1 N–H and O–H groups in total. The number of methoxy groups -OCH3 is 1. The fourth-order valence-electron chi connectivity index (χ4n) is 6.19. The molecule has 7 heteroatoms. The van der Waals surface area contributed by atoms with Crippen LogP contribution in [0.2, 0.25) is 0 Å². The van der Waals surface area contributed by atoms with Crippen molar-refractivity contribution in [2.75, 3.05) is 19.1 Å². The van der Waals surface area contributed by atoms with E-state index in [1.807, 2.05) is 92.0 Å². The lowest BCUT2D eigenvalue weighted by atomic mass is 9.64. The molecule has 0 radical (unpaired) electrons.